The van der Waals surface area contributed by atoms with E-state index < -0.39 is 0 Å². The molecule has 0 aliphatic rings. The predicted molar refractivity (Wildman–Crippen MR) is 105 cm³/mol. The van der Waals surface area contributed by atoms with E-state index in [2.05, 4.69) is 56.4 Å². The lowest BCUT2D eigenvalue weighted by Gasteiger charge is -2.11. The topological polar surface area (TPSA) is 66.5 Å². The lowest BCUT2D eigenvalue weighted by molar-refractivity contribution is 0.900. The molecule has 0 saturated heterocycles. The van der Waals surface area contributed by atoms with Crippen LogP contribution in [-0.2, 0) is 13.0 Å². The van der Waals surface area contributed by atoms with Crippen LogP contribution in [0.5, 0.6) is 0 Å². The van der Waals surface area contributed by atoms with Crippen LogP contribution in [0.2, 0.25) is 0 Å². The molecule has 0 fully saturated rings. The van der Waals surface area contributed by atoms with Crippen LogP contribution in [-0.4, -0.2) is 19.9 Å². The predicted octanol–water partition coefficient (Wildman–Crippen LogP) is 4.58. The number of pyridine rings is 1. The molecule has 0 aliphatic heterocycles. The van der Waals surface area contributed by atoms with Crippen LogP contribution < -0.4 is 5.32 Å². The molecule has 4 rings (SSSR count). The number of aromatic amines is 1. The molecule has 0 spiro atoms. The fraction of sp³-hybridized carbons (Fsp3) is 0.190. The van der Waals surface area contributed by atoms with Crippen LogP contribution in [0.4, 0.5) is 5.82 Å². The van der Waals surface area contributed by atoms with Gasteiger partial charge in [-0.1, -0.05) is 37.6 Å². The van der Waals surface area contributed by atoms with Crippen molar-refractivity contribution in [2.24, 2.45) is 0 Å². The third kappa shape index (κ3) is 3.28. The van der Waals surface area contributed by atoms with Crippen molar-refractivity contribution < 1.29 is 0 Å². The summed E-state index contributed by atoms with van der Waals surface area (Å²) in [5.41, 5.74) is 4.51. The minimum absolute atomic E-state index is 0.691. The lowest BCUT2D eigenvalue weighted by atomic mass is 10.0. The second-order valence-electron chi connectivity index (χ2n) is 6.24. The van der Waals surface area contributed by atoms with Crippen LogP contribution in [0.15, 0.2) is 61.1 Å². The first-order chi connectivity index (χ1) is 12.8. The zero-order chi connectivity index (χ0) is 17.8. The van der Waals surface area contributed by atoms with Crippen molar-refractivity contribution in [2.75, 3.05) is 5.32 Å². The Morgan fingerprint density at radius 2 is 1.85 bits per heavy atom. The maximum Gasteiger partial charge on any atom is 0.163 e. The van der Waals surface area contributed by atoms with Crippen LogP contribution >= 0.6 is 0 Å². The normalized spacial score (nSPS) is 11.0. The van der Waals surface area contributed by atoms with Gasteiger partial charge in [-0.2, -0.15) is 0 Å². The quantitative estimate of drug-likeness (QED) is 0.537. The minimum atomic E-state index is 0.691. The van der Waals surface area contributed by atoms with E-state index in [1.807, 2.05) is 24.4 Å². The number of rotatable bonds is 6. The molecule has 5 nitrogen and oxygen atoms in total. The molecule has 0 bridgehead atoms. The highest BCUT2D eigenvalue weighted by Gasteiger charge is 2.10. The third-order valence-corrected chi connectivity index (χ3v) is 4.45. The summed E-state index contributed by atoms with van der Waals surface area (Å²) in [6.45, 7) is 2.96. The zero-order valence-electron chi connectivity index (χ0n) is 14.7. The van der Waals surface area contributed by atoms with Gasteiger partial charge in [0.25, 0.3) is 0 Å². The van der Waals surface area contributed by atoms with Crippen molar-refractivity contribution in [3.05, 3.63) is 72.2 Å². The number of nitrogens with one attached hydrogen (secondary N) is 2. The third-order valence-electron chi connectivity index (χ3n) is 4.45. The summed E-state index contributed by atoms with van der Waals surface area (Å²) in [6, 6.07) is 14.4. The van der Waals surface area contributed by atoms with Gasteiger partial charge in [-0.15, -0.1) is 0 Å². The summed E-state index contributed by atoms with van der Waals surface area (Å²) >= 11 is 0. The highest BCUT2D eigenvalue weighted by molar-refractivity contribution is 5.91. The highest BCUT2D eigenvalue weighted by atomic mass is 15.0. The standard InChI is InChI=1S/C21H21N5/c1-2-6-15-7-3-4-8-16(15)13-24-19-10-12-23-21(26-19)18-14-25-20-17(18)9-5-11-22-20/h3-5,7-12,14H,2,6,13H2,1H3,(H,22,25)(H,23,24,26). The molecule has 130 valence electrons. The molecule has 2 N–H and O–H groups in total. The van der Waals surface area contributed by atoms with E-state index in [-0.39, 0.29) is 0 Å². The van der Waals surface area contributed by atoms with E-state index in [9.17, 15) is 0 Å². The summed E-state index contributed by atoms with van der Waals surface area (Å²) in [7, 11) is 0. The van der Waals surface area contributed by atoms with Crippen molar-refractivity contribution >= 4 is 16.9 Å². The molecule has 0 unspecified atom stereocenters. The molecule has 0 atom stereocenters. The average molecular weight is 343 g/mol. The number of fused-ring (bicyclic) bond motifs is 1. The number of hydrogen-bond acceptors (Lipinski definition) is 4. The lowest BCUT2D eigenvalue weighted by Crippen LogP contribution is -2.05. The van der Waals surface area contributed by atoms with Gasteiger partial charge < -0.3 is 10.3 Å². The van der Waals surface area contributed by atoms with Gasteiger partial charge in [-0.05, 0) is 35.7 Å². The Kier molecular flexibility index (Phi) is 4.60. The van der Waals surface area contributed by atoms with Crippen molar-refractivity contribution in [2.45, 2.75) is 26.3 Å². The molecular formula is C21H21N5. The Morgan fingerprint density at radius 3 is 2.73 bits per heavy atom. The Balaban J connectivity index is 1.57. The molecule has 1 aromatic carbocycles. The van der Waals surface area contributed by atoms with Crippen LogP contribution in [0.1, 0.15) is 24.5 Å². The van der Waals surface area contributed by atoms with E-state index in [1.165, 1.54) is 11.1 Å². The number of aromatic nitrogens is 4. The highest BCUT2D eigenvalue weighted by Crippen LogP contribution is 2.25. The molecule has 26 heavy (non-hydrogen) atoms. The van der Waals surface area contributed by atoms with Crippen molar-refractivity contribution in [1.29, 1.82) is 0 Å². The number of H-pyrrole nitrogens is 1. The average Bonchev–Trinajstić information content (AvgIpc) is 3.12. The van der Waals surface area contributed by atoms with Gasteiger partial charge in [0.15, 0.2) is 5.82 Å². The van der Waals surface area contributed by atoms with E-state index >= 15 is 0 Å². The van der Waals surface area contributed by atoms with Gasteiger partial charge in [0.1, 0.15) is 11.5 Å². The number of hydrogen-bond donors (Lipinski definition) is 2. The number of nitrogens with zero attached hydrogens (tertiary/aromatic N) is 3. The molecule has 3 aromatic heterocycles. The first-order valence-electron chi connectivity index (χ1n) is 8.91. The SMILES string of the molecule is CCCc1ccccc1CNc1ccnc(-c2c[nH]c3ncccc23)n1. The Labute approximate surface area is 152 Å². The smallest absolute Gasteiger partial charge is 0.163 e. The van der Waals surface area contributed by atoms with E-state index in [0.717, 1.165) is 41.8 Å². The summed E-state index contributed by atoms with van der Waals surface area (Å²) in [6.07, 6.45) is 7.71. The first-order valence-corrected chi connectivity index (χ1v) is 8.91. The first kappa shape index (κ1) is 16.3. The maximum absolute atomic E-state index is 4.69. The summed E-state index contributed by atoms with van der Waals surface area (Å²) in [5, 5.41) is 4.46. The summed E-state index contributed by atoms with van der Waals surface area (Å²) in [5.74, 6) is 1.51. The van der Waals surface area contributed by atoms with E-state index in [4.69, 9.17) is 0 Å². The number of aryl methyl sites for hydroxylation is 1. The molecule has 0 amide bonds. The van der Waals surface area contributed by atoms with Crippen LogP contribution in [0.3, 0.4) is 0 Å². The van der Waals surface area contributed by atoms with Crippen molar-refractivity contribution in [1.82, 2.24) is 19.9 Å². The molecule has 4 aromatic rings. The Bertz CT molecular complexity index is 1020. The van der Waals surface area contributed by atoms with Crippen LogP contribution in [0, 0.1) is 0 Å². The number of anilines is 1. The van der Waals surface area contributed by atoms with Crippen LogP contribution in [0.25, 0.3) is 22.4 Å². The van der Waals surface area contributed by atoms with Gasteiger partial charge in [0.2, 0.25) is 0 Å². The van der Waals surface area contributed by atoms with Crippen molar-refractivity contribution in [3.8, 4) is 11.4 Å². The number of benzene rings is 1. The van der Waals surface area contributed by atoms with Gasteiger partial charge in [0, 0.05) is 36.1 Å². The van der Waals surface area contributed by atoms with Gasteiger partial charge in [-0.3, -0.25) is 0 Å². The zero-order valence-corrected chi connectivity index (χ0v) is 14.7. The fourth-order valence-electron chi connectivity index (χ4n) is 3.16. The second kappa shape index (κ2) is 7.35. The second-order valence-corrected chi connectivity index (χ2v) is 6.24. The molecule has 0 saturated carbocycles. The Hall–Kier alpha value is -3.21. The Morgan fingerprint density at radius 1 is 0.962 bits per heavy atom. The van der Waals surface area contributed by atoms with Gasteiger partial charge in [0.05, 0.1) is 0 Å². The van der Waals surface area contributed by atoms with E-state index in [1.54, 1.807) is 12.4 Å². The maximum atomic E-state index is 4.69. The molecule has 3 heterocycles. The monoisotopic (exact) mass is 343 g/mol. The van der Waals surface area contributed by atoms with Crippen molar-refractivity contribution in [3.63, 3.8) is 0 Å². The largest absolute Gasteiger partial charge is 0.366 e. The summed E-state index contributed by atoms with van der Waals surface area (Å²) in [4.78, 5) is 16.6. The molecule has 0 aliphatic carbocycles. The molecule has 5 heteroatoms. The summed E-state index contributed by atoms with van der Waals surface area (Å²) < 4.78 is 0. The van der Waals surface area contributed by atoms with Gasteiger partial charge in [-0.25, -0.2) is 15.0 Å². The minimum Gasteiger partial charge on any atom is -0.366 e. The molecule has 0 radical (unpaired) electrons. The fourth-order valence-corrected chi connectivity index (χ4v) is 3.16. The molecular weight excluding hydrogens is 322 g/mol. The van der Waals surface area contributed by atoms with Gasteiger partial charge >= 0.3 is 0 Å². The van der Waals surface area contributed by atoms with E-state index in [0.29, 0.717) is 5.82 Å².